The molecule has 1 heterocycles. The van der Waals surface area contributed by atoms with Crippen LogP contribution in [-0.2, 0) is 6.54 Å². The second-order valence-electron chi connectivity index (χ2n) is 5.88. The van der Waals surface area contributed by atoms with Gasteiger partial charge in [-0.05, 0) is 43.9 Å². The first kappa shape index (κ1) is 13.3. The smallest absolute Gasteiger partial charge is 0.127 e. The Morgan fingerprint density at radius 2 is 2.21 bits per heavy atom. The average Bonchev–Trinajstić information content (AvgIpc) is 3.18. The molecule has 0 aromatic heterocycles. The predicted molar refractivity (Wildman–Crippen MR) is 75.8 cm³/mol. The van der Waals surface area contributed by atoms with E-state index in [9.17, 15) is 4.39 Å². The van der Waals surface area contributed by atoms with E-state index >= 15 is 0 Å². The molecule has 2 aliphatic rings. The lowest BCUT2D eigenvalue weighted by atomic mass is 10.0. The summed E-state index contributed by atoms with van der Waals surface area (Å²) in [6.07, 6.45) is 2.63. The third kappa shape index (κ3) is 3.10. The van der Waals surface area contributed by atoms with Crippen molar-refractivity contribution in [3.63, 3.8) is 0 Å². The highest BCUT2D eigenvalue weighted by atomic mass is 35.5. The van der Waals surface area contributed by atoms with Gasteiger partial charge in [-0.25, -0.2) is 4.39 Å². The van der Waals surface area contributed by atoms with Crippen molar-refractivity contribution < 1.29 is 4.39 Å². The Morgan fingerprint density at radius 1 is 1.42 bits per heavy atom. The zero-order chi connectivity index (χ0) is 13.4. The Labute approximate surface area is 118 Å². The molecule has 2 fully saturated rings. The molecule has 1 aliphatic carbocycles. The molecule has 4 heteroatoms. The lowest BCUT2D eigenvalue weighted by molar-refractivity contribution is 0.111. The van der Waals surface area contributed by atoms with Crippen molar-refractivity contribution in [3.05, 3.63) is 34.6 Å². The number of hydrogen-bond acceptors (Lipinski definition) is 2. The van der Waals surface area contributed by atoms with Gasteiger partial charge >= 0.3 is 0 Å². The summed E-state index contributed by atoms with van der Waals surface area (Å²) < 4.78 is 13.9. The highest BCUT2D eigenvalue weighted by Gasteiger charge is 2.38. The van der Waals surface area contributed by atoms with Crippen LogP contribution in [0.25, 0.3) is 0 Å². The summed E-state index contributed by atoms with van der Waals surface area (Å²) in [7, 11) is 0. The lowest BCUT2D eigenvalue weighted by Gasteiger charge is -2.39. The summed E-state index contributed by atoms with van der Waals surface area (Å²) in [4.78, 5) is 2.42. The average molecular weight is 283 g/mol. The van der Waals surface area contributed by atoms with Gasteiger partial charge in [-0.3, -0.25) is 4.90 Å². The highest BCUT2D eigenvalue weighted by Crippen LogP contribution is 2.37. The quantitative estimate of drug-likeness (QED) is 0.917. The van der Waals surface area contributed by atoms with Crippen LogP contribution >= 0.6 is 11.6 Å². The van der Waals surface area contributed by atoms with Crippen LogP contribution in [0.3, 0.4) is 0 Å². The summed E-state index contributed by atoms with van der Waals surface area (Å²) in [5.41, 5.74) is 0.715. The number of nitrogens with one attached hydrogen (secondary N) is 1. The summed E-state index contributed by atoms with van der Waals surface area (Å²) in [5.74, 6) is 0.646. The molecule has 1 saturated heterocycles. The molecule has 1 saturated carbocycles. The van der Waals surface area contributed by atoms with Crippen molar-refractivity contribution in [2.45, 2.75) is 38.4 Å². The lowest BCUT2D eigenvalue weighted by Crippen LogP contribution is -2.55. The maximum atomic E-state index is 13.9. The van der Waals surface area contributed by atoms with Crippen LogP contribution in [0, 0.1) is 11.7 Å². The fourth-order valence-electron chi connectivity index (χ4n) is 3.01. The number of rotatable bonds is 3. The zero-order valence-corrected chi connectivity index (χ0v) is 12.0. The Kier molecular flexibility index (Phi) is 3.79. The molecule has 2 unspecified atom stereocenters. The van der Waals surface area contributed by atoms with Crippen molar-refractivity contribution >= 4 is 11.6 Å². The van der Waals surface area contributed by atoms with Crippen molar-refractivity contribution in [1.29, 1.82) is 0 Å². The van der Waals surface area contributed by atoms with Gasteiger partial charge in [-0.15, -0.1) is 0 Å². The third-order valence-corrected chi connectivity index (χ3v) is 4.44. The number of halogens is 2. The fraction of sp³-hybridized carbons (Fsp3) is 0.600. The predicted octanol–water partition coefficient (Wildman–Crippen LogP) is 3.05. The fourth-order valence-corrected chi connectivity index (χ4v) is 3.21. The first-order valence-corrected chi connectivity index (χ1v) is 7.42. The molecule has 1 aromatic carbocycles. The van der Waals surface area contributed by atoms with Crippen LogP contribution in [-0.4, -0.2) is 30.1 Å². The van der Waals surface area contributed by atoms with Crippen LogP contribution < -0.4 is 5.32 Å². The maximum absolute atomic E-state index is 13.9. The van der Waals surface area contributed by atoms with Crippen LogP contribution in [0.1, 0.15) is 25.3 Å². The number of hydrogen-bond donors (Lipinski definition) is 1. The molecule has 3 rings (SSSR count). The van der Waals surface area contributed by atoms with Crippen molar-refractivity contribution in [2.24, 2.45) is 5.92 Å². The van der Waals surface area contributed by atoms with Gasteiger partial charge in [-0.2, -0.15) is 0 Å². The van der Waals surface area contributed by atoms with Crippen LogP contribution in [0.5, 0.6) is 0 Å². The normalized spacial score (nSPS) is 28.6. The summed E-state index contributed by atoms with van der Waals surface area (Å²) in [6.45, 7) is 4.85. The summed E-state index contributed by atoms with van der Waals surface area (Å²) in [5, 5.41) is 4.15. The van der Waals surface area contributed by atoms with Gasteiger partial charge < -0.3 is 5.32 Å². The van der Waals surface area contributed by atoms with E-state index in [-0.39, 0.29) is 5.82 Å². The number of benzene rings is 1. The largest absolute Gasteiger partial charge is 0.311 e. The van der Waals surface area contributed by atoms with E-state index in [0.717, 1.165) is 19.0 Å². The monoisotopic (exact) mass is 282 g/mol. The molecular formula is C15H20ClFN2. The first-order chi connectivity index (χ1) is 9.13. The van der Waals surface area contributed by atoms with Gasteiger partial charge in [0.25, 0.3) is 0 Å². The molecule has 0 radical (unpaired) electrons. The minimum Gasteiger partial charge on any atom is -0.311 e. The summed E-state index contributed by atoms with van der Waals surface area (Å²) in [6, 6.07) is 5.86. The molecule has 19 heavy (non-hydrogen) atoms. The van der Waals surface area contributed by atoms with Gasteiger partial charge in [0.05, 0.1) is 0 Å². The van der Waals surface area contributed by atoms with E-state index in [2.05, 4.69) is 17.1 Å². The first-order valence-electron chi connectivity index (χ1n) is 7.05. The van der Waals surface area contributed by atoms with Gasteiger partial charge in [0.2, 0.25) is 0 Å². The van der Waals surface area contributed by atoms with E-state index in [4.69, 9.17) is 11.6 Å². The van der Waals surface area contributed by atoms with Crippen molar-refractivity contribution in [3.8, 4) is 0 Å². The van der Waals surface area contributed by atoms with Gasteiger partial charge in [0, 0.05) is 42.3 Å². The van der Waals surface area contributed by atoms with Gasteiger partial charge in [0.15, 0.2) is 0 Å². The van der Waals surface area contributed by atoms with Crippen molar-refractivity contribution in [2.75, 3.05) is 13.1 Å². The molecule has 0 spiro atoms. The molecule has 0 bridgehead atoms. The van der Waals surface area contributed by atoms with Crippen LogP contribution in [0.2, 0.25) is 5.02 Å². The minimum atomic E-state index is -0.148. The van der Waals surface area contributed by atoms with E-state index < -0.39 is 0 Å². The van der Waals surface area contributed by atoms with Gasteiger partial charge in [0.1, 0.15) is 5.82 Å². The number of nitrogens with zero attached hydrogens (tertiary/aromatic N) is 1. The standard InChI is InChI=1S/C15H20ClFN2/c1-10-8-19(15(7-18-10)11-2-3-11)9-12-6-13(16)4-5-14(12)17/h4-6,10-11,15,18H,2-3,7-9H2,1H3. The van der Waals surface area contributed by atoms with Crippen LogP contribution in [0.4, 0.5) is 4.39 Å². The Balaban J connectivity index is 1.76. The molecule has 1 aliphatic heterocycles. The second-order valence-corrected chi connectivity index (χ2v) is 6.32. The van der Waals surface area contributed by atoms with E-state index in [1.54, 1.807) is 12.1 Å². The number of piperazine rings is 1. The Hall–Kier alpha value is -0.640. The zero-order valence-electron chi connectivity index (χ0n) is 11.2. The van der Waals surface area contributed by atoms with E-state index in [1.807, 2.05) is 0 Å². The highest BCUT2D eigenvalue weighted by molar-refractivity contribution is 6.30. The maximum Gasteiger partial charge on any atom is 0.127 e. The molecule has 0 amide bonds. The topological polar surface area (TPSA) is 15.3 Å². The third-order valence-electron chi connectivity index (χ3n) is 4.20. The molecular weight excluding hydrogens is 263 g/mol. The van der Waals surface area contributed by atoms with Crippen LogP contribution in [0.15, 0.2) is 18.2 Å². The SMILES string of the molecule is CC1CN(Cc2cc(Cl)ccc2F)C(C2CC2)CN1. The summed E-state index contributed by atoms with van der Waals surface area (Å²) >= 11 is 5.98. The second kappa shape index (κ2) is 5.39. The molecule has 2 nitrogen and oxygen atoms in total. The molecule has 104 valence electrons. The molecule has 1 aromatic rings. The minimum absolute atomic E-state index is 0.148. The Morgan fingerprint density at radius 3 is 2.95 bits per heavy atom. The molecule has 2 atom stereocenters. The van der Waals surface area contributed by atoms with E-state index in [0.29, 0.717) is 29.2 Å². The Bertz CT molecular complexity index is 461. The van der Waals surface area contributed by atoms with E-state index in [1.165, 1.54) is 18.9 Å². The molecule has 1 N–H and O–H groups in total. The van der Waals surface area contributed by atoms with Gasteiger partial charge in [-0.1, -0.05) is 11.6 Å². The van der Waals surface area contributed by atoms with Crippen molar-refractivity contribution in [1.82, 2.24) is 10.2 Å².